The zero-order valence-corrected chi connectivity index (χ0v) is 22.0. The minimum Gasteiger partial charge on any atom is -0.379 e. The van der Waals surface area contributed by atoms with Crippen molar-refractivity contribution in [3.63, 3.8) is 0 Å². The number of amides is 1. The van der Waals surface area contributed by atoms with E-state index in [1.807, 2.05) is 47.8 Å². The molecule has 1 aromatic carbocycles. The molecule has 2 saturated heterocycles. The lowest BCUT2D eigenvalue weighted by molar-refractivity contribution is 0.0360. The van der Waals surface area contributed by atoms with Gasteiger partial charge in [-0.1, -0.05) is 36.4 Å². The predicted molar refractivity (Wildman–Crippen MR) is 144 cm³/mol. The fourth-order valence-electron chi connectivity index (χ4n) is 4.93. The molecule has 0 radical (unpaired) electrons. The zero-order chi connectivity index (χ0) is 25.5. The molecular formula is C27H35N5O4S. The first kappa shape index (κ1) is 25.9. The molecule has 3 aromatic rings. The van der Waals surface area contributed by atoms with Crippen LogP contribution in [0.5, 0.6) is 0 Å². The quantitative estimate of drug-likeness (QED) is 0.435. The summed E-state index contributed by atoms with van der Waals surface area (Å²) in [5.41, 5.74) is 1.81. The Balaban J connectivity index is 1.47. The third-order valence-corrected chi connectivity index (χ3v) is 7.80. The molecule has 0 spiro atoms. The number of thiophene rings is 1. The molecule has 2 aliphatic rings. The van der Waals surface area contributed by atoms with Crippen LogP contribution in [0.2, 0.25) is 0 Å². The lowest BCUT2D eigenvalue weighted by Crippen LogP contribution is -2.42. The summed E-state index contributed by atoms with van der Waals surface area (Å²) in [6.45, 7) is 9.06. The van der Waals surface area contributed by atoms with Gasteiger partial charge in [-0.3, -0.25) is 23.7 Å². The highest BCUT2D eigenvalue weighted by Crippen LogP contribution is 2.25. The molecular weight excluding hydrogens is 490 g/mol. The number of morpholine rings is 2. The number of nitrogens with zero attached hydrogens (tertiary/aromatic N) is 4. The SMILES string of the molecule is O=C(NCCN1CCOCC1)c1c(-c2ccccc2)n(Cc2cccs2)c(=O)n1CCN1CCOCC1. The van der Waals surface area contributed by atoms with Crippen LogP contribution in [-0.4, -0.2) is 97.1 Å². The van der Waals surface area contributed by atoms with Gasteiger partial charge in [-0.25, -0.2) is 4.79 Å². The fourth-order valence-corrected chi connectivity index (χ4v) is 5.62. The van der Waals surface area contributed by atoms with E-state index in [0.717, 1.165) is 56.4 Å². The first-order valence-corrected chi connectivity index (χ1v) is 13.9. The van der Waals surface area contributed by atoms with Crippen LogP contribution in [-0.2, 0) is 22.6 Å². The van der Waals surface area contributed by atoms with E-state index in [1.54, 1.807) is 20.5 Å². The molecule has 5 rings (SSSR count). The standard InChI is InChI=1S/C27H35N5O4S/c33-26(28-8-9-29-12-16-35-17-13-29)25-24(22-5-2-1-3-6-22)32(21-23-7-4-20-37-23)27(34)31(25)11-10-30-14-18-36-19-15-30/h1-7,20H,8-19,21H2,(H,28,33). The number of aromatic nitrogens is 2. The van der Waals surface area contributed by atoms with Crippen molar-refractivity contribution in [2.45, 2.75) is 13.1 Å². The number of nitrogens with one attached hydrogen (secondary N) is 1. The van der Waals surface area contributed by atoms with Gasteiger partial charge in [0.25, 0.3) is 5.91 Å². The molecule has 2 aliphatic heterocycles. The van der Waals surface area contributed by atoms with E-state index in [0.29, 0.717) is 50.8 Å². The molecule has 0 atom stereocenters. The lowest BCUT2D eigenvalue weighted by atomic mass is 10.1. The topological polar surface area (TPSA) is 81.0 Å². The van der Waals surface area contributed by atoms with Gasteiger partial charge in [-0.05, 0) is 11.4 Å². The Morgan fingerprint density at radius 1 is 0.838 bits per heavy atom. The van der Waals surface area contributed by atoms with Crippen molar-refractivity contribution < 1.29 is 14.3 Å². The Labute approximate surface area is 221 Å². The van der Waals surface area contributed by atoms with Crippen molar-refractivity contribution in [2.24, 2.45) is 0 Å². The summed E-state index contributed by atoms with van der Waals surface area (Å²) in [6.07, 6.45) is 0. The molecule has 9 nitrogen and oxygen atoms in total. The van der Waals surface area contributed by atoms with Crippen molar-refractivity contribution in [3.05, 3.63) is 68.9 Å². The summed E-state index contributed by atoms with van der Waals surface area (Å²) in [5.74, 6) is -0.212. The van der Waals surface area contributed by atoms with Crippen LogP contribution in [0.1, 0.15) is 15.4 Å². The van der Waals surface area contributed by atoms with Gasteiger partial charge in [0.05, 0.1) is 38.7 Å². The Bertz CT molecular complexity index is 1200. The highest BCUT2D eigenvalue weighted by molar-refractivity contribution is 7.09. The number of ether oxygens (including phenoxy) is 2. The maximum absolute atomic E-state index is 13.9. The van der Waals surface area contributed by atoms with E-state index in [9.17, 15) is 9.59 Å². The number of hydrogen-bond donors (Lipinski definition) is 1. The average molecular weight is 526 g/mol. The van der Waals surface area contributed by atoms with Gasteiger partial charge in [0, 0.05) is 62.8 Å². The van der Waals surface area contributed by atoms with Crippen molar-refractivity contribution in [3.8, 4) is 11.3 Å². The summed E-state index contributed by atoms with van der Waals surface area (Å²) in [6, 6.07) is 13.8. The largest absolute Gasteiger partial charge is 0.379 e. The molecule has 0 unspecified atom stereocenters. The summed E-state index contributed by atoms with van der Waals surface area (Å²) >= 11 is 1.61. The third-order valence-electron chi connectivity index (χ3n) is 6.94. The van der Waals surface area contributed by atoms with Gasteiger partial charge in [0.2, 0.25) is 0 Å². The Morgan fingerprint density at radius 3 is 2.16 bits per heavy atom. The summed E-state index contributed by atoms with van der Waals surface area (Å²) in [4.78, 5) is 33.3. The molecule has 10 heteroatoms. The molecule has 0 bridgehead atoms. The minimum atomic E-state index is -0.212. The number of benzene rings is 1. The van der Waals surface area contributed by atoms with Crippen LogP contribution in [0.15, 0.2) is 52.6 Å². The van der Waals surface area contributed by atoms with E-state index in [1.165, 1.54) is 0 Å². The van der Waals surface area contributed by atoms with Gasteiger partial charge in [0.1, 0.15) is 5.69 Å². The van der Waals surface area contributed by atoms with E-state index in [2.05, 4.69) is 15.1 Å². The van der Waals surface area contributed by atoms with Gasteiger partial charge in [0.15, 0.2) is 0 Å². The second-order valence-corrected chi connectivity index (χ2v) is 10.4. The number of hydrogen-bond acceptors (Lipinski definition) is 7. The molecule has 0 saturated carbocycles. The second kappa shape index (κ2) is 12.7. The average Bonchev–Trinajstić information content (AvgIpc) is 3.55. The maximum atomic E-state index is 13.9. The van der Waals surface area contributed by atoms with Crippen LogP contribution in [0.25, 0.3) is 11.3 Å². The van der Waals surface area contributed by atoms with E-state index in [4.69, 9.17) is 9.47 Å². The Morgan fingerprint density at radius 2 is 1.51 bits per heavy atom. The highest BCUT2D eigenvalue weighted by atomic mass is 32.1. The molecule has 1 amide bonds. The fraction of sp³-hybridized carbons (Fsp3) is 0.481. The first-order chi connectivity index (χ1) is 18.2. The summed E-state index contributed by atoms with van der Waals surface area (Å²) < 4.78 is 14.4. The highest BCUT2D eigenvalue weighted by Gasteiger charge is 2.27. The molecule has 2 aromatic heterocycles. The van der Waals surface area contributed by atoms with Gasteiger partial charge < -0.3 is 14.8 Å². The maximum Gasteiger partial charge on any atom is 0.329 e. The van der Waals surface area contributed by atoms with Crippen LogP contribution < -0.4 is 11.0 Å². The molecule has 37 heavy (non-hydrogen) atoms. The molecule has 1 N–H and O–H groups in total. The van der Waals surface area contributed by atoms with Crippen LogP contribution in [0.3, 0.4) is 0 Å². The van der Waals surface area contributed by atoms with Crippen LogP contribution in [0.4, 0.5) is 0 Å². The van der Waals surface area contributed by atoms with Gasteiger partial charge >= 0.3 is 5.69 Å². The zero-order valence-electron chi connectivity index (χ0n) is 21.1. The third kappa shape index (κ3) is 6.39. The summed E-state index contributed by atoms with van der Waals surface area (Å²) in [5, 5.41) is 5.12. The van der Waals surface area contributed by atoms with Crippen molar-refractivity contribution >= 4 is 17.2 Å². The monoisotopic (exact) mass is 525 g/mol. The van der Waals surface area contributed by atoms with Crippen LogP contribution in [0, 0.1) is 0 Å². The number of carbonyl (C=O) groups is 1. The minimum absolute atomic E-state index is 0.154. The Kier molecular flexibility index (Phi) is 8.85. The van der Waals surface area contributed by atoms with E-state index in [-0.39, 0.29) is 11.6 Å². The van der Waals surface area contributed by atoms with E-state index >= 15 is 0 Å². The van der Waals surface area contributed by atoms with Gasteiger partial charge in [-0.2, -0.15) is 0 Å². The first-order valence-electron chi connectivity index (χ1n) is 13.0. The predicted octanol–water partition coefficient (Wildman–Crippen LogP) is 1.82. The summed E-state index contributed by atoms with van der Waals surface area (Å²) in [7, 11) is 0. The smallest absolute Gasteiger partial charge is 0.329 e. The van der Waals surface area contributed by atoms with Crippen LogP contribution >= 0.6 is 11.3 Å². The number of carbonyl (C=O) groups excluding carboxylic acids is 1. The van der Waals surface area contributed by atoms with Crippen molar-refractivity contribution in [1.29, 1.82) is 0 Å². The van der Waals surface area contributed by atoms with Crippen molar-refractivity contribution in [2.75, 3.05) is 72.2 Å². The van der Waals surface area contributed by atoms with Gasteiger partial charge in [-0.15, -0.1) is 11.3 Å². The molecule has 2 fully saturated rings. The lowest BCUT2D eigenvalue weighted by Gasteiger charge is -2.27. The normalized spacial score (nSPS) is 17.2. The van der Waals surface area contributed by atoms with E-state index < -0.39 is 0 Å². The molecule has 0 aliphatic carbocycles. The Hall–Kier alpha value is -2.76. The molecule has 4 heterocycles. The second-order valence-electron chi connectivity index (χ2n) is 9.33. The molecule has 198 valence electrons. The van der Waals surface area contributed by atoms with Crippen molar-refractivity contribution in [1.82, 2.24) is 24.3 Å². The number of imidazole rings is 1. The number of rotatable bonds is 10.